The lowest BCUT2D eigenvalue weighted by Crippen LogP contribution is -2.39. The summed E-state index contributed by atoms with van der Waals surface area (Å²) in [5.41, 5.74) is 0. The van der Waals surface area contributed by atoms with Gasteiger partial charge < -0.3 is 10.2 Å². The zero-order valence-corrected chi connectivity index (χ0v) is 11.2. The fourth-order valence-electron chi connectivity index (χ4n) is 3.11. The van der Waals surface area contributed by atoms with Crippen molar-refractivity contribution in [3.63, 3.8) is 0 Å². The summed E-state index contributed by atoms with van der Waals surface area (Å²) in [6, 6.07) is 2.44. The maximum Gasteiger partial charge on any atom is 0.0110 e. The van der Waals surface area contributed by atoms with E-state index in [2.05, 4.69) is 31.1 Å². The van der Waals surface area contributed by atoms with Crippen LogP contribution in [0.2, 0.25) is 0 Å². The molecule has 2 aliphatic carbocycles. The Kier molecular flexibility index (Phi) is 4.26. The molecule has 3 unspecified atom stereocenters. The van der Waals surface area contributed by atoms with Crippen LogP contribution >= 0.6 is 0 Å². The van der Waals surface area contributed by atoms with Crippen LogP contribution in [0.25, 0.3) is 0 Å². The third kappa shape index (κ3) is 2.98. The van der Waals surface area contributed by atoms with Gasteiger partial charge >= 0.3 is 0 Å². The van der Waals surface area contributed by atoms with E-state index >= 15 is 0 Å². The highest BCUT2D eigenvalue weighted by atomic mass is 15.2. The number of rotatable bonds is 6. The number of nitrogens with one attached hydrogen (secondary N) is 1. The van der Waals surface area contributed by atoms with E-state index in [0.29, 0.717) is 0 Å². The third-order valence-electron chi connectivity index (χ3n) is 4.61. The summed E-state index contributed by atoms with van der Waals surface area (Å²) in [4.78, 5) is 2.66. The second kappa shape index (κ2) is 5.50. The molecule has 0 heterocycles. The molecular weight excluding hydrogens is 196 g/mol. The molecule has 2 saturated carbocycles. The van der Waals surface area contributed by atoms with Gasteiger partial charge in [0, 0.05) is 18.1 Å². The van der Waals surface area contributed by atoms with E-state index in [-0.39, 0.29) is 0 Å². The smallest absolute Gasteiger partial charge is 0.0110 e. The molecule has 0 aliphatic heterocycles. The Labute approximate surface area is 101 Å². The number of hydrogen-bond acceptors (Lipinski definition) is 2. The van der Waals surface area contributed by atoms with E-state index in [9.17, 15) is 0 Å². The zero-order valence-electron chi connectivity index (χ0n) is 11.2. The molecule has 2 fully saturated rings. The van der Waals surface area contributed by atoms with E-state index in [1.807, 2.05) is 0 Å². The van der Waals surface area contributed by atoms with Crippen molar-refractivity contribution in [1.82, 2.24) is 10.2 Å². The van der Waals surface area contributed by atoms with Gasteiger partial charge in [0.2, 0.25) is 0 Å². The Balaban J connectivity index is 1.74. The minimum Gasteiger partial charge on any atom is -0.314 e. The summed E-state index contributed by atoms with van der Waals surface area (Å²) in [5, 5.41) is 3.67. The Morgan fingerprint density at radius 1 is 1.25 bits per heavy atom. The average molecular weight is 224 g/mol. The van der Waals surface area contributed by atoms with Gasteiger partial charge in [0.1, 0.15) is 0 Å². The first-order valence-electron chi connectivity index (χ1n) is 7.17. The molecule has 2 aliphatic rings. The van der Waals surface area contributed by atoms with Gasteiger partial charge in [0.05, 0.1) is 0 Å². The van der Waals surface area contributed by atoms with E-state index in [1.165, 1.54) is 45.1 Å². The van der Waals surface area contributed by atoms with Gasteiger partial charge in [-0.25, -0.2) is 0 Å². The Morgan fingerprint density at radius 2 is 2.00 bits per heavy atom. The molecule has 0 spiro atoms. The van der Waals surface area contributed by atoms with Gasteiger partial charge in [0.15, 0.2) is 0 Å². The van der Waals surface area contributed by atoms with E-state index in [4.69, 9.17) is 0 Å². The second-order valence-electron chi connectivity index (χ2n) is 5.86. The molecule has 94 valence electrons. The molecule has 0 aromatic heterocycles. The lowest BCUT2D eigenvalue weighted by atomic mass is 10.1. The topological polar surface area (TPSA) is 15.3 Å². The monoisotopic (exact) mass is 224 g/mol. The molecular formula is C14H28N2. The van der Waals surface area contributed by atoms with Crippen LogP contribution in [0.15, 0.2) is 0 Å². The van der Waals surface area contributed by atoms with Crippen LogP contribution in [0.4, 0.5) is 0 Å². The Bertz CT molecular complexity index is 213. The van der Waals surface area contributed by atoms with Crippen molar-refractivity contribution in [3.05, 3.63) is 0 Å². The molecule has 16 heavy (non-hydrogen) atoms. The van der Waals surface area contributed by atoms with Crippen molar-refractivity contribution in [2.24, 2.45) is 5.92 Å². The molecule has 0 aromatic rings. The van der Waals surface area contributed by atoms with Crippen LogP contribution < -0.4 is 5.32 Å². The molecule has 0 bridgehead atoms. The van der Waals surface area contributed by atoms with Gasteiger partial charge in [0.25, 0.3) is 0 Å². The highest BCUT2D eigenvalue weighted by Crippen LogP contribution is 2.37. The Hall–Kier alpha value is -0.0800. The van der Waals surface area contributed by atoms with Crippen LogP contribution in [0, 0.1) is 5.92 Å². The van der Waals surface area contributed by atoms with Crippen LogP contribution in [0.1, 0.15) is 52.4 Å². The first-order valence-corrected chi connectivity index (χ1v) is 7.17. The van der Waals surface area contributed by atoms with Gasteiger partial charge in [-0.3, -0.25) is 0 Å². The van der Waals surface area contributed by atoms with Gasteiger partial charge in [-0.1, -0.05) is 6.92 Å². The molecule has 0 aromatic carbocycles. The van der Waals surface area contributed by atoms with Crippen molar-refractivity contribution >= 4 is 0 Å². The normalized spacial score (nSPS) is 32.2. The van der Waals surface area contributed by atoms with Gasteiger partial charge in [-0.15, -0.1) is 0 Å². The van der Waals surface area contributed by atoms with Crippen molar-refractivity contribution in [1.29, 1.82) is 0 Å². The van der Waals surface area contributed by atoms with Gasteiger partial charge in [-0.05, 0) is 65.0 Å². The number of nitrogens with zero attached hydrogens (tertiary/aromatic N) is 1. The summed E-state index contributed by atoms with van der Waals surface area (Å²) in [6.07, 6.45) is 8.34. The fraction of sp³-hybridized carbons (Fsp3) is 1.00. The Morgan fingerprint density at radius 3 is 2.62 bits per heavy atom. The van der Waals surface area contributed by atoms with Crippen molar-refractivity contribution < 1.29 is 0 Å². The molecule has 2 nitrogen and oxygen atoms in total. The van der Waals surface area contributed by atoms with Crippen LogP contribution in [0.5, 0.6) is 0 Å². The molecule has 0 radical (unpaired) electrons. The molecule has 1 N–H and O–H groups in total. The molecule has 2 heteroatoms. The summed E-state index contributed by atoms with van der Waals surface area (Å²) < 4.78 is 0. The lowest BCUT2D eigenvalue weighted by molar-refractivity contribution is 0.167. The maximum atomic E-state index is 3.67. The zero-order chi connectivity index (χ0) is 11.5. The lowest BCUT2D eigenvalue weighted by Gasteiger charge is -2.31. The molecule has 0 amide bonds. The predicted molar refractivity (Wildman–Crippen MR) is 69.7 cm³/mol. The molecule has 3 atom stereocenters. The maximum absolute atomic E-state index is 3.67. The summed E-state index contributed by atoms with van der Waals surface area (Å²) >= 11 is 0. The first kappa shape index (κ1) is 12.4. The van der Waals surface area contributed by atoms with E-state index in [1.54, 1.807) is 0 Å². The summed E-state index contributed by atoms with van der Waals surface area (Å²) in [7, 11) is 2.34. The largest absolute Gasteiger partial charge is 0.314 e. The highest BCUT2D eigenvalue weighted by Gasteiger charge is 2.35. The third-order valence-corrected chi connectivity index (χ3v) is 4.61. The van der Waals surface area contributed by atoms with Crippen molar-refractivity contribution in [3.8, 4) is 0 Å². The van der Waals surface area contributed by atoms with E-state index < -0.39 is 0 Å². The van der Waals surface area contributed by atoms with Crippen molar-refractivity contribution in [2.75, 3.05) is 13.6 Å². The van der Waals surface area contributed by atoms with Crippen LogP contribution in [-0.4, -0.2) is 36.6 Å². The summed E-state index contributed by atoms with van der Waals surface area (Å²) in [6.45, 7) is 5.87. The molecule has 0 saturated heterocycles. The van der Waals surface area contributed by atoms with Crippen molar-refractivity contribution in [2.45, 2.75) is 70.5 Å². The van der Waals surface area contributed by atoms with E-state index in [0.717, 1.165) is 24.0 Å². The second-order valence-corrected chi connectivity index (χ2v) is 5.86. The quantitative estimate of drug-likeness (QED) is 0.746. The van der Waals surface area contributed by atoms with Crippen LogP contribution in [0.3, 0.4) is 0 Å². The highest BCUT2D eigenvalue weighted by molar-refractivity contribution is 4.91. The minimum absolute atomic E-state index is 0.791. The summed E-state index contributed by atoms with van der Waals surface area (Å²) in [5.74, 6) is 1.01. The fourth-order valence-corrected chi connectivity index (χ4v) is 3.11. The molecule has 2 rings (SSSR count). The number of hydrogen-bond donors (Lipinski definition) is 1. The predicted octanol–water partition coefficient (Wildman–Crippen LogP) is 2.64. The standard InChI is InChI=1S/C14H28N2/c1-4-9-15-13-7-8-14(10-13)16(3)11(2)12-5-6-12/h11-15H,4-10H2,1-3H3. The van der Waals surface area contributed by atoms with Crippen LogP contribution in [-0.2, 0) is 0 Å². The first-order chi connectivity index (χ1) is 7.72. The average Bonchev–Trinajstić information content (AvgIpc) is 3.04. The SMILES string of the molecule is CCCNC1CCC(N(C)C(C)C2CC2)C1. The minimum atomic E-state index is 0.791. The van der Waals surface area contributed by atoms with Gasteiger partial charge in [-0.2, -0.15) is 0 Å².